The molecule has 0 atom stereocenters. The van der Waals surface area contributed by atoms with Crippen LogP contribution in [0.5, 0.6) is 0 Å². The lowest BCUT2D eigenvalue weighted by Gasteiger charge is -2.01. The molecule has 0 saturated carbocycles. The van der Waals surface area contributed by atoms with Crippen LogP contribution in [0.3, 0.4) is 0 Å². The van der Waals surface area contributed by atoms with Gasteiger partial charge in [0.1, 0.15) is 11.3 Å². The summed E-state index contributed by atoms with van der Waals surface area (Å²) in [6.07, 6.45) is 0. The molecule has 1 aromatic heterocycles. The molecule has 3 aromatic rings. The number of hydrogen-bond acceptors (Lipinski definition) is 3. The Kier molecular flexibility index (Phi) is 2.56. The lowest BCUT2D eigenvalue weighted by atomic mass is 10.2. The van der Waals surface area contributed by atoms with E-state index >= 15 is 0 Å². The van der Waals surface area contributed by atoms with Crippen molar-refractivity contribution in [1.82, 2.24) is 4.98 Å². The number of nitrogens with two attached hydrogens (primary N) is 1. The number of nitrogen functional groups attached to an aromatic ring is 1. The molecular weight excluding hydrogens is 299 g/mol. The number of nitrogens with zero attached hydrogens (tertiary/aromatic N) is 1. The Morgan fingerprint density at radius 2 is 2.00 bits per heavy atom. The van der Waals surface area contributed by atoms with E-state index in [4.69, 9.17) is 10.2 Å². The molecule has 0 radical (unpaired) electrons. The number of anilines is 1. The van der Waals surface area contributed by atoms with Gasteiger partial charge in [0.25, 0.3) is 0 Å². The highest BCUT2D eigenvalue weighted by Gasteiger charge is 2.12. The van der Waals surface area contributed by atoms with E-state index in [1.165, 1.54) is 12.1 Å². The third-order valence-corrected chi connectivity index (χ3v) is 3.09. The van der Waals surface area contributed by atoms with Gasteiger partial charge in [-0.05, 0) is 30.3 Å². The summed E-state index contributed by atoms with van der Waals surface area (Å²) >= 11 is 3.36. The van der Waals surface area contributed by atoms with Crippen molar-refractivity contribution in [3.8, 4) is 11.5 Å². The van der Waals surface area contributed by atoms with Crippen molar-refractivity contribution in [3.63, 3.8) is 0 Å². The first-order chi connectivity index (χ1) is 8.63. The lowest BCUT2D eigenvalue weighted by molar-refractivity contribution is 0.602. The minimum Gasteiger partial charge on any atom is -0.436 e. The van der Waals surface area contributed by atoms with Gasteiger partial charge in [-0.2, -0.15) is 0 Å². The van der Waals surface area contributed by atoms with Crippen LogP contribution < -0.4 is 5.73 Å². The normalized spacial score (nSPS) is 11.0. The minimum atomic E-state index is -0.354. The van der Waals surface area contributed by atoms with Crippen LogP contribution in [-0.4, -0.2) is 4.98 Å². The second kappa shape index (κ2) is 4.10. The first kappa shape index (κ1) is 11.2. The Labute approximate surface area is 111 Å². The molecule has 0 aliphatic rings. The Bertz CT molecular complexity index is 739. The smallest absolute Gasteiger partial charge is 0.229 e. The van der Waals surface area contributed by atoms with Crippen molar-refractivity contribution in [1.29, 1.82) is 0 Å². The Morgan fingerprint density at radius 1 is 1.17 bits per heavy atom. The predicted octanol–water partition coefficient (Wildman–Crippen LogP) is 3.98. The van der Waals surface area contributed by atoms with Crippen LogP contribution >= 0.6 is 15.9 Å². The van der Waals surface area contributed by atoms with E-state index in [-0.39, 0.29) is 5.82 Å². The van der Waals surface area contributed by atoms with Crippen molar-refractivity contribution in [2.24, 2.45) is 0 Å². The number of hydrogen-bond donors (Lipinski definition) is 1. The van der Waals surface area contributed by atoms with Crippen LogP contribution in [-0.2, 0) is 0 Å². The fourth-order valence-corrected chi connectivity index (χ4v) is 2.09. The Hall–Kier alpha value is -1.88. The molecule has 2 aromatic carbocycles. The quantitative estimate of drug-likeness (QED) is 0.692. The molecule has 0 spiro atoms. The summed E-state index contributed by atoms with van der Waals surface area (Å²) in [6.45, 7) is 0. The highest BCUT2D eigenvalue weighted by atomic mass is 79.9. The van der Waals surface area contributed by atoms with Crippen LogP contribution in [0.15, 0.2) is 45.3 Å². The van der Waals surface area contributed by atoms with Crippen molar-refractivity contribution in [3.05, 3.63) is 46.7 Å². The van der Waals surface area contributed by atoms with Gasteiger partial charge in [0.05, 0.1) is 5.56 Å². The zero-order valence-electron chi connectivity index (χ0n) is 9.15. The van der Waals surface area contributed by atoms with Gasteiger partial charge in [-0.25, -0.2) is 9.37 Å². The van der Waals surface area contributed by atoms with Crippen molar-refractivity contribution < 1.29 is 8.81 Å². The van der Waals surface area contributed by atoms with Gasteiger partial charge >= 0.3 is 0 Å². The maximum absolute atomic E-state index is 13.1. The molecule has 3 rings (SSSR count). The van der Waals surface area contributed by atoms with E-state index in [9.17, 15) is 4.39 Å². The molecule has 0 fully saturated rings. The molecular formula is C13H8BrFN2O. The van der Waals surface area contributed by atoms with E-state index in [1.54, 1.807) is 12.1 Å². The SMILES string of the molecule is Nc1ccc(Br)cc1-c1nc2ccc(F)cc2o1. The summed E-state index contributed by atoms with van der Waals surface area (Å²) in [4.78, 5) is 4.29. The van der Waals surface area contributed by atoms with Gasteiger partial charge in [-0.3, -0.25) is 0 Å². The van der Waals surface area contributed by atoms with Gasteiger partial charge < -0.3 is 10.2 Å². The maximum Gasteiger partial charge on any atom is 0.229 e. The third kappa shape index (κ3) is 1.86. The zero-order valence-corrected chi connectivity index (χ0v) is 10.7. The number of aromatic nitrogens is 1. The third-order valence-electron chi connectivity index (χ3n) is 2.60. The Balaban J connectivity index is 2.22. The second-order valence-electron chi connectivity index (χ2n) is 3.86. The number of benzene rings is 2. The minimum absolute atomic E-state index is 0.354. The van der Waals surface area contributed by atoms with Crippen molar-refractivity contribution in [2.45, 2.75) is 0 Å². The van der Waals surface area contributed by atoms with Gasteiger partial charge in [0.15, 0.2) is 5.58 Å². The largest absolute Gasteiger partial charge is 0.436 e. The summed E-state index contributed by atoms with van der Waals surface area (Å²) in [5.74, 6) is 0.0295. The summed E-state index contributed by atoms with van der Waals surface area (Å²) in [6, 6.07) is 9.64. The summed E-state index contributed by atoms with van der Waals surface area (Å²) in [5, 5.41) is 0. The fourth-order valence-electron chi connectivity index (χ4n) is 1.73. The summed E-state index contributed by atoms with van der Waals surface area (Å²) < 4.78 is 19.5. The molecule has 0 saturated heterocycles. The topological polar surface area (TPSA) is 52.0 Å². The maximum atomic E-state index is 13.1. The predicted molar refractivity (Wildman–Crippen MR) is 71.5 cm³/mol. The standard InChI is InChI=1S/C13H8BrFN2O/c14-7-1-3-10(16)9(5-7)13-17-11-4-2-8(15)6-12(11)18-13/h1-6H,16H2. The van der Waals surface area contributed by atoms with E-state index in [1.807, 2.05) is 12.1 Å². The zero-order chi connectivity index (χ0) is 12.7. The number of fused-ring (bicyclic) bond motifs is 1. The van der Waals surface area contributed by atoms with Gasteiger partial charge in [0, 0.05) is 16.2 Å². The molecule has 18 heavy (non-hydrogen) atoms. The van der Waals surface area contributed by atoms with Crippen LogP contribution in [0.4, 0.5) is 10.1 Å². The van der Waals surface area contributed by atoms with Crippen molar-refractivity contribution in [2.75, 3.05) is 5.73 Å². The first-order valence-electron chi connectivity index (χ1n) is 5.25. The molecule has 0 amide bonds. The molecule has 0 aliphatic heterocycles. The average Bonchev–Trinajstić information content (AvgIpc) is 2.74. The van der Waals surface area contributed by atoms with Gasteiger partial charge in [-0.1, -0.05) is 15.9 Å². The summed E-state index contributed by atoms with van der Waals surface area (Å²) in [5.41, 5.74) is 8.13. The molecule has 1 heterocycles. The molecule has 2 N–H and O–H groups in total. The molecule has 0 unspecified atom stereocenters. The molecule has 90 valence electrons. The van der Waals surface area contributed by atoms with Crippen LogP contribution in [0, 0.1) is 5.82 Å². The number of oxazole rings is 1. The van der Waals surface area contributed by atoms with Crippen LogP contribution in [0.2, 0.25) is 0 Å². The second-order valence-corrected chi connectivity index (χ2v) is 4.78. The fraction of sp³-hybridized carbons (Fsp3) is 0. The monoisotopic (exact) mass is 306 g/mol. The molecule has 0 aliphatic carbocycles. The molecule has 5 heteroatoms. The molecule has 3 nitrogen and oxygen atoms in total. The van der Waals surface area contributed by atoms with E-state index in [0.29, 0.717) is 28.2 Å². The van der Waals surface area contributed by atoms with Crippen molar-refractivity contribution >= 4 is 32.7 Å². The molecule has 0 bridgehead atoms. The van der Waals surface area contributed by atoms with E-state index in [2.05, 4.69) is 20.9 Å². The number of halogens is 2. The van der Waals surface area contributed by atoms with Gasteiger partial charge in [-0.15, -0.1) is 0 Å². The van der Waals surface area contributed by atoms with E-state index < -0.39 is 0 Å². The first-order valence-corrected chi connectivity index (χ1v) is 6.04. The number of rotatable bonds is 1. The highest BCUT2D eigenvalue weighted by molar-refractivity contribution is 9.10. The van der Waals surface area contributed by atoms with Crippen LogP contribution in [0.1, 0.15) is 0 Å². The average molecular weight is 307 g/mol. The van der Waals surface area contributed by atoms with E-state index in [0.717, 1.165) is 4.47 Å². The lowest BCUT2D eigenvalue weighted by Crippen LogP contribution is -1.89. The Morgan fingerprint density at radius 3 is 2.83 bits per heavy atom. The summed E-state index contributed by atoms with van der Waals surface area (Å²) in [7, 11) is 0. The van der Waals surface area contributed by atoms with Gasteiger partial charge in [0.2, 0.25) is 5.89 Å². The van der Waals surface area contributed by atoms with Crippen LogP contribution in [0.25, 0.3) is 22.6 Å². The highest BCUT2D eigenvalue weighted by Crippen LogP contribution is 2.30.